The van der Waals surface area contributed by atoms with Crippen molar-refractivity contribution < 1.29 is 14.7 Å². The normalized spacial score (nSPS) is 11.2. The fourth-order valence-corrected chi connectivity index (χ4v) is 4.11. The average Bonchev–Trinajstić information content (AvgIpc) is 3.36. The minimum absolute atomic E-state index is 0.116. The van der Waals surface area contributed by atoms with Crippen molar-refractivity contribution in [2.24, 2.45) is 0 Å². The van der Waals surface area contributed by atoms with Gasteiger partial charge in [0.05, 0.1) is 22.3 Å². The smallest absolute Gasteiger partial charge is 0.412 e. The first-order valence-corrected chi connectivity index (χ1v) is 10.3. The van der Waals surface area contributed by atoms with Gasteiger partial charge in [0.1, 0.15) is 0 Å². The zero-order valence-corrected chi connectivity index (χ0v) is 17.6. The molecule has 1 aromatic carbocycles. The molecule has 3 aromatic heterocycles. The highest BCUT2D eigenvalue weighted by molar-refractivity contribution is 7.12. The Balaban J connectivity index is 1.86. The summed E-state index contributed by atoms with van der Waals surface area (Å²) < 4.78 is 1.63. The third-order valence-electron chi connectivity index (χ3n) is 4.73. The van der Waals surface area contributed by atoms with E-state index in [2.05, 4.69) is 10.1 Å². The van der Waals surface area contributed by atoms with E-state index in [0.29, 0.717) is 21.8 Å². The molecule has 0 aliphatic heterocycles. The number of hydrogen-bond acceptors (Lipinski definition) is 5. The van der Waals surface area contributed by atoms with Gasteiger partial charge in [0.25, 0.3) is 0 Å². The van der Waals surface area contributed by atoms with E-state index in [0.717, 1.165) is 17.0 Å². The molecule has 0 spiro atoms. The molecule has 0 aliphatic rings. The number of nitrogens with zero attached hydrogens (tertiary/aromatic N) is 4. The third kappa shape index (κ3) is 3.46. The SMILES string of the molecule is Cc1cc(-c2cccc(N(C(=O)O)C(C)C)c2)n2ncc(C(=O)c3cccs3)c2n1. The lowest BCUT2D eigenvalue weighted by Crippen LogP contribution is -2.35. The minimum Gasteiger partial charge on any atom is -0.465 e. The Kier molecular flexibility index (Phi) is 5.09. The van der Waals surface area contributed by atoms with Gasteiger partial charge in [0, 0.05) is 23.0 Å². The van der Waals surface area contributed by atoms with Crippen molar-refractivity contribution >= 4 is 34.5 Å². The number of rotatable bonds is 5. The summed E-state index contributed by atoms with van der Waals surface area (Å²) in [5.41, 5.74) is 3.75. The van der Waals surface area contributed by atoms with Gasteiger partial charge in [-0.25, -0.2) is 14.3 Å². The van der Waals surface area contributed by atoms with E-state index in [4.69, 9.17) is 0 Å². The first kappa shape index (κ1) is 19.8. The van der Waals surface area contributed by atoms with Crippen LogP contribution in [0, 0.1) is 6.92 Å². The molecule has 0 saturated heterocycles. The lowest BCUT2D eigenvalue weighted by atomic mass is 10.1. The van der Waals surface area contributed by atoms with Crippen LogP contribution in [0.1, 0.15) is 34.8 Å². The van der Waals surface area contributed by atoms with Crippen LogP contribution in [0.4, 0.5) is 10.5 Å². The number of carbonyl (C=O) groups is 2. The molecule has 30 heavy (non-hydrogen) atoms. The summed E-state index contributed by atoms with van der Waals surface area (Å²) >= 11 is 1.38. The second kappa shape index (κ2) is 7.72. The number of ketones is 1. The summed E-state index contributed by atoms with van der Waals surface area (Å²) in [4.78, 5) is 31.1. The summed E-state index contributed by atoms with van der Waals surface area (Å²) in [6.07, 6.45) is 0.524. The van der Waals surface area contributed by atoms with E-state index in [-0.39, 0.29) is 11.8 Å². The van der Waals surface area contributed by atoms with Crippen molar-refractivity contribution in [3.63, 3.8) is 0 Å². The van der Waals surface area contributed by atoms with Crippen molar-refractivity contribution in [1.29, 1.82) is 0 Å². The van der Waals surface area contributed by atoms with E-state index in [9.17, 15) is 14.7 Å². The van der Waals surface area contributed by atoms with Gasteiger partial charge in [-0.3, -0.25) is 9.69 Å². The summed E-state index contributed by atoms with van der Waals surface area (Å²) in [5, 5.41) is 15.9. The van der Waals surface area contributed by atoms with Gasteiger partial charge in [-0.15, -0.1) is 11.3 Å². The van der Waals surface area contributed by atoms with E-state index >= 15 is 0 Å². The molecule has 0 bridgehead atoms. The maximum Gasteiger partial charge on any atom is 0.412 e. The van der Waals surface area contributed by atoms with Gasteiger partial charge in [-0.05, 0) is 50.4 Å². The van der Waals surface area contributed by atoms with Gasteiger partial charge in [-0.2, -0.15) is 5.10 Å². The number of carbonyl (C=O) groups excluding carboxylic acids is 1. The van der Waals surface area contributed by atoms with Gasteiger partial charge >= 0.3 is 6.09 Å². The average molecular weight is 420 g/mol. The van der Waals surface area contributed by atoms with E-state index < -0.39 is 6.09 Å². The number of amides is 1. The first-order valence-electron chi connectivity index (χ1n) is 9.43. The van der Waals surface area contributed by atoms with Crippen LogP contribution in [0.3, 0.4) is 0 Å². The zero-order valence-electron chi connectivity index (χ0n) is 16.7. The zero-order chi connectivity index (χ0) is 21.4. The quantitative estimate of drug-likeness (QED) is 0.465. The molecule has 1 N–H and O–H groups in total. The summed E-state index contributed by atoms with van der Waals surface area (Å²) in [7, 11) is 0. The molecule has 4 rings (SSSR count). The van der Waals surface area contributed by atoms with Crippen LogP contribution in [-0.2, 0) is 0 Å². The summed E-state index contributed by atoms with van der Waals surface area (Å²) in [6, 6.07) is 12.6. The molecule has 1 amide bonds. The highest BCUT2D eigenvalue weighted by atomic mass is 32.1. The van der Waals surface area contributed by atoms with Crippen molar-refractivity contribution in [2.45, 2.75) is 26.8 Å². The number of fused-ring (bicyclic) bond motifs is 1. The molecule has 0 unspecified atom stereocenters. The molecule has 0 saturated carbocycles. The fourth-order valence-electron chi connectivity index (χ4n) is 3.44. The molecule has 7 nitrogen and oxygen atoms in total. The topological polar surface area (TPSA) is 87.8 Å². The Bertz CT molecular complexity index is 1240. The molecule has 152 valence electrons. The number of thiophene rings is 1. The van der Waals surface area contributed by atoms with Crippen LogP contribution < -0.4 is 4.90 Å². The van der Waals surface area contributed by atoms with Crippen molar-refractivity contribution in [2.75, 3.05) is 4.90 Å². The summed E-state index contributed by atoms with van der Waals surface area (Å²) in [5.74, 6) is -0.116. The van der Waals surface area contributed by atoms with Crippen LogP contribution in [0.2, 0.25) is 0 Å². The molecular weight excluding hydrogens is 400 g/mol. The third-order valence-corrected chi connectivity index (χ3v) is 5.60. The van der Waals surface area contributed by atoms with Crippen molar-refractivity contribution in [3.8, 4) is 11.3 Å². The van der Waals surface area contributed by atoms with Crippen LogP contribution >= 0.6 is 11.3 Å². The number of carboxylic acid groups (broad SMARTS) is 1. The first-order chi connectivity index (χ1) is 14.4. The van der Waals surface area contributed by atoms with Crippen LogP contribution in [0.15, 0.2) is 54.0 Å². The number of hydrogen-bond donors (Lipinski definition) is 1. The molecule has 3 heterocycles. The van der Waals surface area contributed by atoms with E-state index in [1.54, 1.807) is 16.6 Å². The van der Waals surface area contributed by atoms with E-state index in [1.165, 1.54) is 22.4 Å². The van der Waals surface area contributed by atoms with Gasteiger partial charge in [-0.1, -0.05) is 18.2 Å². The summed E-state index contributed by atoms with van der Waals surface area (Å²) in [6.45, 7) is 5.51. The largest absolute Gasteiger partial charge is 0.465 e. The van der Waals surface area contributed by atoms with Crippen LogP contribution in [0.5, 0.6) is 0 Å². The molecular formula is C22H20N4O3S. The number of benzene rings is 1. The monoisotopic (exact) mass is 420 g/mol. The lowest BCUT2D eigenvalue weighted by Gasteiger charge is -2.24. The maximum atomic E-state index is 12.9. The lowest BCUT2D eigenvalue weighted by molar-refractivity contribution is 0.104. The van der Waals surface area contributed by atoms with Crippen molar-refractivity contribution in [1.82, 2.24) is 14.6 Å². The van der Waals surface area contributed by atoms with Gasteiger partial charge in [0.2, 0.25) is 5.78 Å². The second-order valence-corrected chi connectivity index (χ2v) is 8.13. The highest BCUT2D eigenvalue weighted by Crippen LogP contribution is 2.28. The molecule has 0 atom stereocenters. The Morgan fingerprint density at radius 2 is 1.97 bits per heavy atom. The highest BCUT2D eigenvalue weighted by Gasteiger charge is 2.21. The predicted molar refractivity (Wildman–Crippen MR) is 117 cm³/mol. The Hall–Kier alpha value is -3.52. The second-order valence-electron chi connectivity index (χ2n) is 7.18. The van der Waals surface area contributed by atoms with Crippen molar-refractivity contribution in [3.05, 3.63) is 70.2 Å². The molecule has 0 aliphatic carbocycles. The molecule has 4 aromatic rings. The fraction of sp³-hybridized carbons (Fsp3) is 0.182. The Morgan fingerprint density at radius 3 is 2.63 bits per heavy atom. The number of aryl methyl sites for hydroxylation is 1. The molecule has 8 heteroatoms. The minimum atomic E-state index is -1.01. The maximum absolute atomic E-state index is 12.9. The molecule has 0 radical (unpaired) electrons. The van der Waals surface area contributed by atoms with Gasteiger partial charge in [0.15, 0.2) is 5.65 Å². The van der Waals surface area contributed by atoms with E-state index in [1.807, 2.05) is 56.5 Å². The molecule has 0 fully saturated rings. The number of aromatic nitrogens is 3. The van der Waals surface area contributed by atoms with Crippen LogP contribution in [0.25, 0.3) is 16.9 Å². The van der Waals surface area contributed by atoms with Crippen LogP contribution in [-0.4, -0.2) is 37.6 Å². The Morgan fingerprint density at radius 1 is 1.17 bits per heavy atom. The van der Waals surface area contributed by atoms with Gasteiger partial charge < -0.3 is 5.11 Å². The predicted octanol–water partition coefficient (Wildman–Crippen LogP) is 4.89. The number of anilines is 1. The standard InChI is InChI=1S/C22H20N4O3S/c1-13(2)25(22(28)29)16-7-4-6-15(11-16)18-10-14(3)24-21-17(12-23-26(18)21)20(27)19-8-5-9-30-19/h4-13H,1-3H3,(H,28,29). The Labute approximate surface area is 177 Å².